The molecule has 1 aliphatic heterocycles. The summed E-state index contributed by atoms with van der Waals surface area (Å²) in [6.45, 7) is 7.43. The predicted molar refractivity (Wildman–Crippen MR) is 107 cm³/mol. The van der Waals surface area contributed by atoms with Crippen LogP contribution in [0, 0.1) is 11.8 Å². The van der Waals surface area contributed by atoms with Crippen molar-refractivity contribution >= 4 is 11.9 Å². The molecule has 2 unspecified atom stereocenters. The largest absolute Gasteiger partial charge is 0.463 e. The quantitative estimate of drug-likeness (QED) is 0.285. The van der Waals surface area contributed by atoms with Gasteiger partial charge in [-0.05, 0) is 29.0 Å². The molecule has 29 heavy (non-hydrogen) atoms. The maximum Gasteiger partial charge on any atom is 0.303 e. The first-order valence-electron chi connectivity index (χ1n) is 9.86. The van der Waals surface area contributed by atoms with Crippen molar-refractivity contribution in [2.24, 2.45) is 17.0 Å². The molecule has 0 radical (unpaired) electrons. The minimum absolute atomic E-state index is 0.0568. The van der Waals surface area contributed by atoms with Gasteiger partial charge < -0.3 is 14.2 Å². The Balaban J connectivity index is 2.12. The summed E-state index contributed by atoms with van der Waals surface area (Å²) in [5, 5.41) is 3.55. The highest BCUT2D eigenvalue weighted by Crippen LogP contribution is 2.34. The van der Waals surface area contributed by atoms with E-state index in [0.717, 1.165) is 11.1 Å². The molecule has 1 aromatic carbocycles. The molecule has 8 nitrogen and oxygen atoms in total. The van der Waals surface area contributed by atoms with Gasteiger partial charge >= 0.3 is 11.9 Å². The van der Waals surface area contributed by atoms with Crippen LogP contribution < -0.4 is 0 Å². The van der Waals surface area contributed by atoms with Crippen LogP contribution >= 0.6 is 0 Å². The van der Waals surface area contributed by atoms with Gasteiger partial charge in [0, 0.05) is 37.6 Å². The molecule has 158 valence electrons. The number of hydrogen-bond acceptors (Lipinski definition) is 6. The fraction of sp³-hybridized carbons (Fsp3) is 0.619. The Labute approximate surface area is 171 Å². The third kappa shape index (κ3) is 6.76. The molecule has 0 amide bonds. The van der Waals surface area contributed by atoms with Gasteiger partial charge in [0.2, 0.25) is 0 Å². The van der Waals surface area contributed by atoms with Crippen LogP contribution in [0.1, 0.15) is 38.8 Å². The van der Waals surface area contributed by atoms with Crippen molar-refractivity contribution in [1.82, 2.24) is 0 Å². The summed E-state index contributed by atoms with van der Waals surface area (Å²) >= 11 is 0. The summed E-state index contributed by atoms with van der Waals surface area (Å²) < 4.78 is 17.0. The van der Waals surface area contributed by atoms with Gasteiger partial charge in [-0.1, -0.05) is 43.2 Å². The zero-order chi connectivity index (χ0) is 21.4. The first kappa shape index (κ1) is 22.7. The Morgan fingerprint density at radius 2 is 1.72 bits per heavy atom. The molecular weight excluding hydrogens is 374 g/mol. The van der Waals surface area contributed by atoms with Crippen LogP contribution in [0.5, 0.6) is 0 Å². The summed E-state index contributed by atoms with van der Waals surface area (Å²) in [5.74, 6) is -0.558. The molecule has 0 saturated carbocycles. The molecule has 0 spiro atoms. The van der Waals surface area contributed by atoms with Crippen LogP contribution in [-0.4, -0.2) is 43.4 Å². The molecule has 1 heterocycles. The lowest BCUT2D eigenvalue weighted by Gasteiger charge is -2.44. The van der Waals surface area contributed by atoms with E-state index in [0.29, 0.717) is 19.4 Å². The molecule has 0 N–H and O–H groups in total. The SMILES string of the molecule is CC(=O)OCC1O[C@@H](Cc2ccc(CCN=[N+]=[N-])cc2)C(OC(C)=O)[C@@H](C)[C@H]1C. The zero-order valence-electron chi connectivity index (χ0n) is 17.4. The number of azide groups is 1. The van der Waals surface area contributed by atoms with Crippen LogP contribution in [0.4, 0.5) is 0 Å². The minimum atomic E-state index is -0.374. The lowest BCUT2D eigenvalue weighted by Crippen LogP contribution is -2.53. The number of nitrogens with zero attached hydrogens (tertiary/aromatic N) is 3. The average Bonchev–Trinajstić information content (AvgIpc) is 2.67. The van der Waals surface area contributed by atoms with Crippen molar-refractivity contribution in [3.05, 3.63) is 45.8 Å². The summed E-state index contributed by atoms with van der Waals surface area (Å²) in [6, 6.07) is 8.00. The van der Waals surface area contributed by atoms with Crippen molar-refractivity contribution in [3.63, 3.8) is 0 Å². The van der Waals surface area contributed by atoms with Crippen LogP contribution in [0.15, 0.2) is 29.4 Å². The van der Waals surface area contributed by atoms with E-state index in [-0.39, 0.29) is 48.7 Å². The maximum absolute atomic E-state index is 11.6. The van der Waals surface area contributed by atoms with E-state index in [1.807, 2.05) is 38.1 Å². The van der Waals surface area contributed by atoms with Crippen molar-refractivity contribution < 1.29 is 23.8 Å². The summed E-state index contributed by atoms with van der Waals surface area (Å²) in [7, 11) is 0. The second-order valence-corrected chi connectivity index (χ2v) is 7.53. The Kier molecular flexibility index (Phi) is 8.49. The van der Waals surface area contributed by atoms with Crippen molar-refractivity contribution in [1.29, 1.82) is 0 Å². The van der Waals surface area contributed by atoms with Gasteiger partial charge in [-0.3, -0.25) is 9.59 Å². The monoisotopic (exact) mass is 403 g/mol. The summed E-state index contributed by atoms with van der Waals surface area (Å²) in [5.41, 5.74) is 10.5. The Hall–Kier alpha value is -2.57. The summed E-state index contributed by atoms with van der Waals surface area (Å²) in [4.78, 5) is 25.6. The van der Waals surface area contributed by atoms with Gasteiger partial charge in [-0.25, -0.2) is 0 Å². The van der Waals surface area contributed by atoms with Gasteiger partial charge in [0.25, 0.3) is 0 Å². The molecule has 1 fully saturated rings. The maximum atomic E-state index is 11.6. The van der Waals surface area contributed by atoms with E-state index in [1.54, 1.807) is 0 Å². The first-order valence-corrected chi connectivity index (χ1v) is 9.86. The second-order valence-electron chi connectivity index (χ2n) is 7.53. The topological polar surface area (TPSA) is 111 Å². The molecule has 1 aliphatic rings. The van der Waals surface area contributed by atoms with Crippen molar-refractivity contribution in [2.45, 2.75) is 58.8 Å². The zero-order valence-corrected chi connectivity index (χ0v) is 17.4. The number of esters is 2. The lowest BCUT2D eigenvalue weighted by molar-refractivity contribution is -0.203. The lowest BCUT2D eigenvalue weighted by atomic mass is 9.80. The molecule has 8 heteroatoms. The van der Waals surface area contributed by atoms with Crippen molar-refractivity contribution in [2.75, 3.05) is 13.2 Å². The van der Waals surface area contributed by atoms with Gasteiger partial charge in [-0.15, -0.1) is 0 Å². The predicted octanol–water partition coefficient (Wildman–Crippen LogP) is 3.62. The Bertz CT molecular complexity index is 743. The molecule has 2 rings (SSSR count). The minimum Gasteiger partial charge on any atom is -0.463 e. The highest BCUT2D eigenvalue weighted by molar-refractivity contribution is 5.66. The Morgan fingerprint density at radius 1 is 1.07 bits per heavy atom. The third-order valence-corrected chi connectivity index (χ3v) is 5.43. The van der Waals surface area contributed by atoms with E-state index >= 15 is 0 Å². The van der Waals surface area contributed by atoms with Crippen LogP contribution in [-0.2, 0) is 36.6 Å². The number of rotatable bonds is 8. The third-order valence-electron chi connectivity index (χ3n) is 5.43. The number of ether oxygens (including phenoxy) is 3. The number of carbonyl (C=O) groups excluding carboxylic acids is 2. The van der Waals surface area contributed by atoms with Gasteiger partial charge in [0.15, 0.2) is 0 Å². The fourth-order valence-corrected chi connectivity index (χ4v) is 3.63. The standard InChI is InChI=1S/C21H29N3O5/c1-13-14(2)21(28-16(4)26)19(29-20(13)12-27-15(3)25)11-18-7-5-17(6-8-18)9-10-23-24-22/h5-8,13-14,19-21H,9-12H2,1-4H3/t13-,14+,19+,20?,21?/m1/s1. The second kappa shape index (κ2) is 10.8. The first-order chi connectivity index (χ1) is 13.8. The van der Waals surface area contributed by atoms with E-state index in [2.05, 4.69) is 10.0 Å². The Morgan fingerprint density at radius 3 is 2.31 bits per heavy atom. The van der Waals surface area contributed by atoms with Gasteiger partial charge in [0.1, 0.15) is 12.7 Å². The molecule has 0 aromatic heterocycles. The molecule has 1 saturated heterocycles. The highest BCUT2D eigenvalue weighted by atomic mass is 16.6. The number of hydrogen-bond donors (Lipinski definition) is 0. The smallest absolute Gasteiger partial charge is 0.303 e. The fourth-order valence-electron chi connectivity index (χ4n) is 3.63. The highest BCUT2D eigenvalue weighted by Gasteiger charge is 2.43. The summed E-state index contributed by atoms with van der Waals surface area (Å²) in [6.07, 6.45) is 0.288. The van der Waals surface area contributed by atoms with Gasteiger partial charge in [-0.2, -0.15) is 0 Å². The molecule has 5 atom stereocenters. The van der Waals surface area contributed by atoms with E-state index < -0.39 is 0 Å². The van der Waals surface area contributed by atoms with E-state index in [1.165, 1.54) is 13.8 Å². The molecular formula is C21H29N3O5. The van der Waals surface area contributed by atoms with E-state index in [9.17, 15) is 9.59 Å². The number of carbonyl (C=O) groups is 2. The van der Waals surface area contributed by atoms with Gasteiger partial charge in [0.05, 0.1) is 12.2 Å². The van der Waals surface area contributed by atoms with Crippen molar-refractivity contribution in [3.8, 4) is 0 Å². The molecule has 1 aromatic rings. The molecule has 0 aliphatic carbocycles. The number of benzene rings is 1. The van der Waals surface area contributed by atoms with Crippen LogP contribution in [0.25, 0.3) is 10.4 Å². The van der Waals surface area contributed by atoms with Crippen LogP contribution in [0.2, 0.25) is 0 Å². The normalized spacial score (nSPS) is 26.3. The average molecular weight is 403 g/mol. The van der Waals surface area contributed by atoms with E-state index in [4.69, 9.17) is 19.7 Å². The molecule has 0 bridgehead atoms. The van der Waals surface area contributed by atoms with Crippen LogP contribution in [0.3, 0.4) is 0 Å².